The Balaban J connectivity index is 1.98. The maximum absolute atomic E-state index is 12.7. The number of nitrogens with one attached hydrogen (secondary N) is 1. The molecule has 1 amide bonds. The maximum Gasteiger partial charge on any atom is 0.328 e. The minimum absolute atomic E-state index is 0.0592. The molecule has 1 aliphatic rings. The highest BCUT2D eigenvalue weighted by Crippen LogP contribution is 2.35. The van der Waals surface area contributed by atoms with E-state index >= 15 is 0 Å². The minimum Gasteiger partial charge on any atom is -0.494 e. The van der Waals surface area contributed by atoms with Crippen molar-refractivity contribution in [1.29, 1.82) is 0 Å². The predicted octanol–water partition coefficient (Wildman–Crippen LogP) is 5.27. The van der Waals surface area contributed by atoms with Crippen molar-refractivity contribution in [3.63, 3.8) is 0 Å². The van der Waals surface area contributed by atoms with E-state index < -0.39 is 0 Å². The van der Waals surface area contributed by atoms with E-state index in [-0.39, 0.29) is 18.0 Å². The largest absolute Gasteiger partial charge is 0.494 e. The van der Waals surface area contributed by atoms with Gasteiger partial charge in [-0.2, -0.15) is 0 Å². The molecule has 2 N–H and O–H groups in total. The monoisotopic (exact) mass is 403 g/mol. The van der Waals surface area contributed by atoms with Crippen LogP contribution in [0.5, 0.6) is 5.88 Å². The van der Waals surface area contributed by atoms with Crippen molar-refractivity contribution in [2.75, 3.05) is 7.05 Å². The van der Waals surface area contributed by atoms with Crippen LogP contribution in [-0.2, 0) is 6.42 Å². The lowest BCUT2D eigenvalue weighted by Crippen LogP contribution is -2.24. The van der Waals surface area contributed by atoms with E-state index in [2.05, 4.69) is 18.3 Å². The lowest BCUT2D eigenvalue weighted by Gasteiger charge is -2.19. The first-order chi connectivity index (χ1) is 14.6. The molecule has 4 rings (SSSR count). The molecule has 5 nitrogen and oxygen atoms in total. The van der Waals surface area contributed by atoms with Gasteiger partial charge in [-0.1, -0.05) is 68.7 Å². The van der Waals surface area contributed by atoms with Crippen LogP contribution in [0.1, 0.15) is 55.7 Å². The molecule has 5 heteroatoms. The van der Waals surface area contributed by atoms with Crippen molar-refractivity contribution in [2.24, 2.45) is 4.99 Å². The van der Waals surface area contributed by atoms with Gasteiger partial charge in [-0.05, 0) is 30.9 Å². The zero-order valence-electron chi connectivity index (χ0n) is 17.7. The summed E-state index contributed by atoms with van der Waals surface area (Å²) in [6.45, 7) is 2.08. The van der Waals surface area contributed by atoms with Gasteiger partial charge in [0.05, 0.1) is 22.8 Å². The summed E-state index contributed by atoms with van der Waals surface area (Å²) in [7, 11) is 1.57. The summed E-state index contributed by atoms with van der Waals surface area (Å²) in [4.78, 5) is 17.8. The van der Waals surface area contributed by atoms with Crippen molar-refractivity contribution < 1.29 is 9.90 Å². The fourth-order valence-electron chi connectivity index (χ4n) is 4.36. The van der Waals surface area contributed by atoms with Gasteiger partial charge in [0.15, 0.2) is 0 Å². The molecule has 1 aromatic heterocycles. The second kappa shape index (κ2) is 8.74. The molecule has 1 aliphatic carbocycles. The summed E-state index contributed by atoms with van der Waals surface area (Å²) in [5, 5.41) is 14.7. The van der Waals surface area contributed by atoms with E-state index in [4.69, 9.17) is 4.99 Å². The summed E-state index contributed by atoms with van der Waals surface area (Å²) < 4.78 is 1.36. The van der Waals surface area contributed by atoms with Crippen LogP contribution in [0.3, 0.4) is 0 Å². The van der Waals surface area contributed by atoms with E-state index in [1.807, 2.05) is 42.5 Å². The first-order valence-electron chi connectivity index (χ1n) is 10.9. The van der Waals surface area contributed by atoms with Crippen LogP contribution >= 0.6 is 0 Å². The normalized spacial score (nSPS) is 15.5. The number of aryl methyl sites for hydroxylation is 1. The van der Waals surface area contributed by atoms with E-state index in [1.54, 1.807) is 7.05 Å². The Bertz CT molecular complexity index is 1080. The van der Waals surface area contributed by atoms with Gasteiger partial charge in [-0.25, -0.2) is 9.36 Å². The molecule has 1 fully saturated rings. The molecule has 3 aromatic rings. The number of amides is 1. The number of fused-ring (bicyclic) bond motifs is 1. The Morgan fingerprint density at radius 2 is 1.87 bits per heavy atom. The van der Waals surface area contributed by atoms with Crippen LogP contribution in [0.15, 0.2) is 53.5 Å². The molecule has 30 heavy (non-hydrogen) atoms. The van der Waals surface area contributed by atoms with Crippen molar-refractivity contribution >= 4 is 22.6 Å². The summed E-state index contributed by atoms with van der Waals surface area (Å²) in [6, 6.07) is 15.9. The molecule has 0 saturated heterocycles. The number of nitrogens with zero attached hydrogens (tertiary/aromatic N) is 2. The molecule has 0 spiro atoms. The van der Waals surface area contributed by atoms with Crippen LogP contribution in [0.4, 0.5) is 4.79 Å². The van der Waals surface area contributed by atoms with Crippen LogP contribution in [0.25, 0.3) is 10.9 Å². The highest BCUT2D eigenvalue weighted by Gasteiger charge is 2.26. The third-order valence-corrected chi connectivity index (χ3v) is 6.00. The molecular weight excluding hydrogens is 374 g/mol. The quantitative estimate of drug-likeness (QED) is 0.583. The molecular formula is C25H29N3O2. The van der Waals surface area contributed by atoms with Crippen LogP contribution in [-0.4, -0.2) is 34.5 Å². The molecule has 1 saturated carbocycles. The Morgan fingerprint density at radius 1 is 1.13 bits per heavy atom. The standard InChI is InChI=1S/C25H29N3O2/c1-3-17-14-15-20-21(16-17)28(25(30)26-2)24(29)22(20)23(18-10-6-4-7-11-18)27-19-12-8-5-9-13-19/h4,6-7,10-11,14-16,19,29H,3,5,8-9,12-13H2,1-2H3,(H,26,30). The van der Waals surface area contributed by atoms with Gasteiger partial charge in [-0.15, -0.1) is 0 Å². The van der Waals surface area contributed by atoms with Crippen LogP contribution in [0.2, 0.25) is 0 Å². The van der Waals surface area contributed by atoms with E-state index in [9.17, 15) is 9.90 Å². The summed E-state index contributed by atoms with van der Waals surface area (Å²) in [5.41, 5.74) is 4.16. The molecule has 0 unspecified atom stereocenters. The second-order valence-corrected chi connectivity index (χ2v) is 7.93. The zero-order chi connectivity index (χ0) is 21.1. The highest BCUT2D eigenvalue weighted by molar-refractivity contribution is 6.22. The average Bonchev–Trinajstić information content (AvgIpc) is 3.09. The topological polar surface area (TPSA) is 66.6 Å². The Kier molecular flexibility index (Phi) is 5.88. The number of carbonyl (C=O) groups is 1. The zero-order valence-corrected chi connectivity index (χ0v) is 17.7. The Labute approximate surface area is 177 Å². The molecule has 0 aliphatic heterocycles. The SMILES string of the molecule is CCc1ccc2c(C(=NC3CCCCC3)c3ccccc3)c(O)n(C(=O)NC)c2c1. The lowest BCUT2D eigenvalue weighted by molar-refractivity contribution is 0.242. The third kappa shape index (κ3) is 3.72. The van der Waals surface area contributed by atoms with Crippen molar-refractivity contribution in [3.8, 4) is 5.88 Å². The Morgan fingerprint density at radius 3 is 2.53 bits per heavy atom. The minimum atomic E-state index is -0.359. The van der Waals surface area contributed by atoms with Gasteiger partial charge in [0.1, 0.15) is 0 Å². The molecule has 1 heterocycles. The molecule has 0 bridgehead atoms. The number of aromatic nitrogens is 1. The van der Waals surface area contributed by atoms with Gasteiger partial charge in [0.2, 0.25) is 5.88 Å². The highest BCUT2D eigenvalue weighted by atomic mass is 16.3. The number of aliphatic imine (C=N–C) groups is 1. The maximum atomic E-state index is 12.7. The van der Waals surface area contributed by atoms with Crippen LogP contribution in [0, 0.1) is 0 Å². The van der Waals surface area contributed by atoms with Crippen molar-refractivity contribution in [2.45, 2.75) is 51.5 Å². The van der Waals surface area contributed by atoms with E-state index in [0.717, 1.165) is 41.5 Å². The fourth-order valence-corrected chi connectivity index (χ4v) is 4.36. The summed E-state index contributed by atoms with van der Waals surface area (Å²) in [5.74, 6) is -0.0592. The van der Waals surface area contributed by atoms with Gasteiger partial charge in [-0.3, -0.25) is 4.99 Å². The number of carbonyl (C=O) groups excluding carboxylic acids is 1. The predicted molar refractivity (Wildman–Crippen MR) is 122 cm³/mol. The fraction of sp³-hybridized carbons (Fsp3) is 0.360. The lowest BCUT2D eigenvalue weighted by atomic mass is 9.94. The molecule has 2 aromatic carbocycles. The smallest absolute Gasteiger partial charge is 0.328 e. The van der Waals surface area contributed by atoms with Crippen molar-refractivity contribution in [3.05, 3.63) is 65.2 Å². The number of hydrogen-bond acceptors (Lipinski definition) is 3. The van der Waals surface area contributed by atoms with Gasteiger partial charge in [0.25, 0.3) is 0 Å². The Hall–Kier alpha value is -3.08. The third-order valence-electron chi connectivity index (χ3n) is 6.00. The summed E-state index contributed by atoms with van der Waals surface area (Å²) >= 11 is 0. The average molecular weight is 404 g/mol. The first kappa shape index (κ1) is 20.2. The molecule has 0 radical (unpaired) electrons. The number of hydrogen-bond donors (Lipinski definition) is 2. The van der Waals surface area contributed by atoms with Crippen molar-refractivity contribution in [1.82, 2.24) is 9.88 Å². The first-order valence-corrected chi connectivity index (χ1v) is 10.9. The van der Waals surface area contributed by atoms with Gasteiger partial charge < -0.3 is 10.4 Å². The molecule has 0 atom stereocenters. The van der Waals surface area contributed by atoms with Gasteiger partial charge in [0, 0.05) is 18.0 Å². The van der Waals surface area contributed by atoms with Gasteiger partial charge >= 0.3 is 6.03 Å². The summed E-state index contributed by atoms with van der Waals surface area (Å²) in [6.07, 6.45) is 6.60. The number of rotatable bonds is 4. The van der Waals surface area contributed by atoms with E-state index in [0.29, 0.717) is 11.1 Å². The van der Waals surface area contributed by atoms with Crippen LogP contribution < -0.4 is 5.32 Å². The molecule has 156 valence electrons. The van der Waals surface area contributed by atoms with E-state index in [1.165, 1.54) is 23.8 Å². The number of aromatic hydroxyl groups is 1. The number of benzene rings is 2. The second-order valence-electron chi connectivity index (χ2n) is 7.93.